The molecule has 6 heteroatoms. The van der Waals surface area contributed by atoms with Gasteiger partial charge in [-0.2, -0.15) is 0 Å². The normalized spacial score (nSPS) is 22.4. The Bertz CT molecular complexity index is 1020. The molecule has 2 aliphatic rings. The molecule has 0 bridgehead atoms. The minimum atomic E-state index is -1.38. The monoisotopic (exact) mass is 453 g/mol. The van der Waals surface area contributed by atoms with Crippen molar-refractivity contribution in [2.24, 2.45) is 5.92 Å². The van der Waals surface area contributed by atoms with Crippen LogP contribution in [0.5, 0.6) is 5.75 Å². The predicted molar refractivity (Wildman–Crippen MR) is 123 cm³/mol. The average molecular weight is 454 g/mol. The summed E-state index contributed by atoms with van der Waals surface area (Å²) >= 11 is 6.28. The third-order valence-corrected chi connectivity index (χ3v) is 6.86. The van der Waals surface area contributed by atoms with Gasteiger partial charge < -0.3 is 4.74 Å². The van der Waals surface area contributed by atoms with Gasteiger partial charge in [0.05, 0.1) is 5.92 Å². The van der Waals surface area contributed by atoms with Crippen LogP contribution in [0.4, 0.5) is 0 Å². The summed E-state index contributed by atoms with van der Waals surface area (Å²) in [5.41, 5.74) is -0.197. The molecule has 2 aliphatic heterocycles. The van der Waals surface area contributed by atoms with Crippen molar-refractivity contribution in [1.29, 1.82) is 0 Å². The number of halogens is 1. The van der Waals surface area contributed by atoms with Gasteiger partial charge in [0, 0.05) is 23.6 Å². The highest BCUT2D eigenvalue weighted by atomic mass is 35.5. The second kappa shape index (κ2) is 9.45. The van der Waals surface area contributed by atoms with E-state index in [0.717, 1.165) is 19.3 Å². The van der Waals surface area contributed by atoms with E-state index in [1.54, 1.807) is 18.2 Å². The first-order valence-corrected chi connectivity index (χ1v) is 11.8. The number of unbranched alkanes of at least 4 members (excludes halogenated alkanes) is 5. The van der Waals surface area contributed by atoms with Crippen molar-refractivity contribution in [3.05, 3.63) is 64.7 Å². The minimum absolute atomic E-state index is 0.0232. The molecule has 4 rings (SSSR count). The van der Waals surface area contributed by atoms with E-state index >= 15 is 0 Å². The number of imide groups is 1. The lowest BCUT2D eigenvalue weighted by Gasteiger charge is -2.31. The number of carbonyl (C=O) groups is 3. The van der Waals surface area contributed by atoms with E-state index in [4.69, 9.17) is 16.3 Å². The molecule has 32 heavy (non-hydrogen) atoms. The molecule has 0 spiro atoms. The molecule has 168 valence electrons. The van der Waals surface area contributed by atoms with Gasteiger partial charge >= 0.3 is 5.97 Å². The van der Waals surface area contributed by atoms with Crippen LogP contribution in [0.15, 0.2) is 48.5 Å². The molecular formula is C26H28ClNO4. The molecule has 2 aromatic rings. The van der Waals surface area contributed by atoms with Crippen LogP contribution in [0.2, 0.25) is 5.02 Å². The summed E-state index contributed by atoms with van der Waals surface area (Å²) in [6.07, 6.45) is 6.37. The number of nitrogens with zero attached hydrogens (tertiary/aromatic N) is 1. The van der Waals surface area contributed by atoms with Gasteiger partial charge in [-0.25, -0.2) is 0 Å². The Labute approximate surface area is 193 Å². The van der Waals surface area contributed by atoms with Gasteiger partial charge in [0.25, 0.3) is 0 Å². The van der Waals surface area contributed by atoms with Gasteiger partial charge in [-0.3, -0.25) is 19.3 Å². The Morgan fingerprint density at radius 2 is 1.72 bits per heavy atom. The smallest absolute Gasteiger partial charge is 0.327 e. The zero-order valence-electron chi connectivity index (χ0n) is 18.3. The SMILES string of the molecule is CCCCCCCCN1C(=O)C[C@@H]([C@@]2(c3ccccc3)C(=O)Oc3ccc(Cl)cc32)C1=O. The topological polar surface area (TPSA) is 63.7 Å². The van der Waals surface area contributed by atoms with E-state index in [0.29, 0.717) is 28.4 Å². The fraction of sp³-hybridized carbons (Fsp3) is 0.423. The Morgan fingerprint density at radius 3 is 2.47 bits per heavy atom. The number of benzene rings is 2. The molecule has 2 amide bonds. The summed E-state index contributed by atoms with van der Waals surface area (Å²) in [5, 5.41) is 0.447. The fourth-order valence-electron chi connectivity index (χ4n) is 5.00. The fourth-order valence-corrected chi connectivity index (χ4v) is 5.17. The van der Waals surface area contributed by atoms with Crippen molar-refractivity contribution in [2.75, 3.05) is 6.54 Å². The van der Waals surface area contributed by atoms with Crippen molar-refractivity contribution in [3.8, 4) is 5.75 Å². The Balaban J connectivity index is 1.66. The lowest BCUT2D eigenvalue weighted by atomic mass is 9.66. The van der Waals surface area contributed by atoms with Crippen LogP contribution >= 0.6 is 11.6 Å². The van der Waals surface area contributed by atoms with Crippen LogP contribution in [0.3, 0.4) is 0 Å². The summed E-state index contributed by atoms with van der Waals surface area (Å²) in [7, 11) is 0. The first-order valence-electron chi connectivity index (χ1n) is 11.4. The number of esters is 1. The summed E-state index contributed by atoms with van der Waals surface area (Å²) in [6.45, 7) is 2.56. The number of hydrogen-bond acceptors (Lipinski definition) is 4. The van der Waals surface area contributed by atoms with E-state index in [9.17, 15) is 14.4 Å². The quantitative estimate of drug-likeness (QED) is 0.224. The maximum atomic E-state index is 13.6. The standard InChI is InChI=1S/C26H28ClNO4/c1-2-3-4-5-6-10-15-28-23(29)17-21(24(28)30)26(18-11-8-7-9-12-18)20-16-19(27)13-14-22(20)32-25(26)31/h7-9,11-14,16,21H,2-6,10,15,17H2,1H3/t21-,26+/m1/s1. The third-order valence-electron chi connectivity index (χ3n) is 6.62. The average Bonchev–Trinajstić information content (AvgIpc) is 3.24. The van der Waals surface area contributed by atoms with E-state index in [2.05, 4.69) is 6.92 Å². The van der Waals surface area contributed by atoms with E-state index in [1.807, 2.05) is 30.3 Å². The maximum absolute atomic E-state index is 13.6. The first-order chi connectivity index (χ1) is 15.5. The van der Waals surface area contributed by atoms with Gasteiger partial charge in [-0.1, -0.05) is 81.0 Å². The molecule has 0 unspecified atom stereocenters. The van der Waals surface area contributed by atoms with Gasteiger partial charge in [0.15, 0.2) is 0 Å². The molecule has 2 atom stereocenters. The number of carbonyl (C=O) groups excluding carboxylic acids is 3. The van der Waals surface area contributed by atoms with Crippen LogP contribution < -0.4 is 4.74 Å². The van der Waals surface area contributed by atoms with E-state index in [-0.39, 0.29) is 18.2 Å². The molecule has 2 aromatic carbocycles. The zero-order valence-corrected chi connectivity index (χ0v) is 19.1. The number of likely N-dealkylation sites (tertiary alicyclic amines) is 1. The number of fused-ring (bicyclic) bond motifs is 1. The van der Waals surface area contributed by atoms with Crippen LogP contribution in [0, 0.1) is 5.92 Å². The molecule has 0 radical (unpaired) electrons. The molecule has 0 aliphatic carbocycles. The molecule has 0 N–H and O–H groups in total. The largest absolute Gasteiger partial charge is 0.425 e. The van der Waals surface area contributed by atoms with Gasteiger partial charge in [-0.15, -0.1) is 0 Å². The predicted octanol–water partition coefficient (Wildman–Crippen LogP) is 5.28. The Hall–Kier alpha value is -2.66. The first kappa shape index (κ1) is 22.5. The zero-order chi connectivity index (χ0) is 22.7. The van der Waals surface area contributed by atoms with E-state index < -0.39 is 17.3 Å². The highest BCUT2D eigenvalue weighted by Gasteiger charge is 2.62. The Morgan fingerprint density at radius 1 is 1.00 bits per heavy atom. The minimum Gasteiger partial charge on any atom is -0.425 e. The van der Waals surface area contributed by atoms with Crippen LogP contribution in [0.1, 0.15) is 63.0 Å². The summed E-state index contributed by atoms with van der Waals surface area (Å²) in [5.74, 6) is -1.54. The van der Waals surface area contributed by atoms with Crippen molar-refractivity contribution in [1.82, 2.24) is 4.90 Å². The third kappa shape index (κ3) is 3.83. The molecule has 2 heterocycles. The second-order valence-corrected chi connectivity index (χ2v) is 9.05. The number of rotatable bonds is 9. The van der Waals surface area contributed by atoms with Crippen molar-refractivity contribution in [3.63, 3.8) is 0 Å². The molecule has 5 nitrogen and oxygen atoms in total. The lowest BCUT2D eigenvalue weighted by molar-refractivity contribution is -0.145. The molecule has 0 saturated carbocycles. The molecular weight excluding hydrogens is 426 g/mol. The van der Waals surface area contributed by atoms with Crippen molar-refractivity contribution < 1.29 is 19.1 Å². The highest BCUT2D eigenvalue weighted by Crippen LogP contribution is 2.52. The van der Waals surface area contributed by atoms with Crippen molar-refractivity contribution >= 4 is 29.4 Å². The van der Waals surface area contributed by atoms with Crippen LogP contribution in [-0.4, -0.2) is 29.2 Å². The van der Waals surface area contributed by atoms with Gasteiger partial charge in [-0.05, 0) is 30.2 Å². The summed E-state index contributed by atoms with van der Waals surface area (Å²) < 4.78 is 5.62. The van der Waals surface area contributed by atoms with Gasteiger partial charge in [0.1, 0.15) is 11.2 Å². The molecule has 0 aromatic heterocycles. The second-order valence-electron chi connectivity index (χ2n) is 8.61. The molecule has 1 fully saturated rings. The van der Waals surface area contributed by atoms with E-state index in [1.165, 1.54) is 24.2 Å². The number of amides is 2. The summed E-state index contributed by atoms with van der Waals surface area (Å²) in [4.78, 5) is 41.2. The molecule has 1 saturated heterocycles. The Kier molecular flexibility index (Phi) is 6.66. The number of ether oxygens (including phenoxy) is 1. The van der Waals surface area contributed by atoms with Crippen LogP contribution in [-0.2, 0) is 19.8 Å². The lowest BCUT2D eigenvalue weighted by Crippen LogP contribution is -2.46. The van der Waals surface area contributed by atoms with Crippen LogP contribution in [0.25, 0.3) is 0 Å². The number of hydrogen-bond donors (Lipinski definition) is 0. The highest BCUT2D eigenvalue weighted by molar-refractivity contribution is 6.30. The van der Waals surface area contributed by atoms with Crippen molar-refractivity contribution in [2.45, 2.75) is 57.3 Å². The summed E-state index contributed by atoms with van der Waals surface area (Å²) in [6, 6.07) is 14.1. The van der Waals surface area contributed by atoms with Gasteiger partial charge in [0.2, 0.25) is 11.8 Å². The maximum Gasteiger partial charge on any atom is 0.327 e.